The van der Waals surface area contributed by atoms with Crippen molar-refractivity contribution in [2.75, 3.05) is 45.2 Å². The van der Waals surface area contributed by atoms with Crippen LogP contribution in [0.25, 0.3) is 0 Å². The monoisotopic (exact) mass is 303 g/mol. The summed E-state index contributed by atoms with van der Waals surface area (Å²) in [7, 11) is 4.06. The van der Waals surface area contributed by atoms with E-state index < -0.39 is 0 Å². The second kappa shape index (κ2) is 7.38. The van der Waals surface area contributed by atoms with Crippen molar-refractivity contribution in [3.63, 3.8) is 0 Å². The summed E-state index contributed by atoms with van der Waals surface area (Å²) in [5, 5.41) is 3.61. The lowest BCUT2D eigenvalue weighted by molar-refractivity contribution is 0.187. The number of hydrogen-bond acceptors (Lipinski definition) is 5. The van der Waals surface area contributed by atoms with Crippen LogP contribution >= 0.6 is 0 Å². The van der Waals surface area contributed by atoms with Gasteiger partial charge in [-0.25, -0.2) is 9.97 Å². The van der Waals surface area contributed by atoms with E-state index in [4.69, 9.17) is 0 Å². The predicted molar refractivity (Wildman–Crippen MR) is 90.3 cm³/mol. The van der Waals surface area contributed by atoms with Gasteiger partial charge in [-0.3, -0.25) is 4.90 Å². The van der Waals surface area contributed by atoms with Crippen LogP contribution in [0.2, 0.25) is 0 Å². The standard InChI is InChI=1S/C17H29N5/c1-21(2)17-10-15(19-13-20-17)9-14-11-18-7-8-22(12-14)16-5-3-4-6-16/h10,13-14,16,18H,3-9,11-12H2,1-2H3. The Bertz CT molecular complexity index is 470. The smallest absolute Gasteiger partial charge is 0.131 e. The number of hydrogen-bond donors (Lipinski definition) is 1. The third-order valence-electron chi connectivity index (χ3n) is 5.01. The molecule has 1 aliphatic heterocycles. The summed E-state index contributed by atoms with van der Waals surface area (Å²) in [5.41, 5.74) is 1.17. The molecule has 1 saturated carbocycles. The zero-order chi connectivity index (χ0) is 15.4. The molecule has 2 aliphatic rings. The first-order chi connectivity index (χ1) is 10.7. The minimum Gasteiger partial charge on any atom is -0.363 e. The van der Waals surface area contributed by atoms with Crippen LogP contribution in [0, 0.1) is 5.92 Å². The molecule has 1 aliphatic carbocycles. The largest absolute Gasteiger partial charge is 0.363 e. The Morgan fingerprint density at radius 3 is 2.86 bits per heavy atom. The van der Waals surface area contributed by atoms with E-state index in [1.807, 2.05) is 19.0 Å². The molecule has 1 unspecified atom stereocenters. The number of rotatable bonds is 4. The van der Waals surface area contributed by atoms with Crippen LogP contribution in [-0.2, 0) is 6.42 Å². The lowest BCUT2D eigenvalue weighted by Gasteiger charge is -2.29. The topological polar surface area (TPSA) is 44.3 Å². The average molecular weight is 303 g/mol. The fourth-order valence-corrected chi connectivity index (χ4v) is 3.79. The molecule has 122 valence electrons. The SMILES string of the molecule is CN(C)c1cc(CC2CNCCN(C3CCCC3)C2)ncn1. The number of anilines is 1. The summed E-state index contributed by atoms with van der Waals surface area (Å²) >= 11 is 0. The quantitative estimate of drug-likeness (QED) is 0.914. The summed E-state index contributed by atoms with van der Waals surface area (Å²) in [4.78, 5) is 13.6. The van der Waals surface area contributed by atoms with Gasteiger partial charge < -0.3 is 10.2 Å². The molecule has 0 radical (unpaired) electrons. The molecular formula is C17H29N5. The molecule has 0 aromatic carbocycles. The molecule has 3 rings (SSSR count). The maximum absolute atomic E-state index is 4.48. The maximum atomic E-state index is 4.48. The van der Waals surface area contributed by atoms with Crippen LogP contribution in [0.1, 0.15) is 31.4 Å². The van der Waals surface area contributed by atoms with Gasteiger partial charge in [-0.05, 0) is 31.7 Å². The molecule has 1 aromatic heterocycles. The first kappa shape index (κ1) is 15.7. The van der Waals surface area contributed by atoms with Crippen molar-refractivity contribution in [3.8, 4) is 0 Å². The van der Waals surface area contributed by atoms with E-state index in [2.05, 4.69) is 26.3 Å². The number of nitrogens with zero attached hydrogens (tertiary/aromatic N) is 4. The fourth-order valence-electron chi connectivity index (χ4n) is 3.79. The van der Waals surface area contributed by atoms with Crippen molar-refractivity contribution >= 4 is 5.82 Å². The molecule has 2 fully saturated rings. The highest BCUT2D eigenvalue weighted by Crippen LogP contribution is 2.25. The van der Waals surface area contributed by atoms with Crippen LogP contribution in [0.5, 0.6) is 0 Å². The summed E-state index contributed by atoms with van der Waals surface area (Å²) in [6, 6.07) is 2.95. The van der Waals surface area contributed by atoms with Crippen molar-refractivity contribution in [1.82, 2.24) is 20.2 Å². The second-order valence-corrected chi connectivity index (χ2v) is 6.97. The van der Waals surface area contributed by atoms with E-state index in [1.165, 1.54) is 44.5 Å². The van der Waals surface area contributed by atoms with Gasteiger partial charge in [-0.15, -0.1) is 0 Å². The van der Waals surface area contributed by atoms with E-state index in [9.17, 15) is 0 Å². The van der Waals surface area contributed by atoms with E-state index in [1.54, 1.807) is 6.33 Å². The first-order valence-corrected chi connectivity index (χ1v) is 8.65. The molecular weight excluding hydrogens is 274 g/mol. The van der Waals surface area contributed by atoms with E-state index in [-0.39, 0.29) is 0 Å². The van der Waals surface area contributed by atoms with Crippen LogP contribution < -0.4 is 10.2 Å². The van der Waals surface area contributed by atoms with Gasteiger partial charge in [0.1, 0.15) is 12.1 Å². The van der Waals surface area contributed by atoms with Crippen LogP contribution in [0.4, 0.5) is 5.82 Å². The van der Waals surface area contributed by atoms with Crippen molar-refractivity contribution < 1.29 is 0 Å². The fraction of sp³-hybridized carbons (Fsp3) is 0.765. The molecule has 1 aromatic rings. The van der Waals surface area contributed by atoms with Crippen molar-refractivity contribution in [2.45, 2.75) is 38.1 Å². The maximum Gasteiger partial charge on any atom is 0.131 e. The predicted octanol–water partition coefficient (Wildman–Crippen LogP) is 1.55. The molecule has 0 bridgehead atoms. The number of aromatic nitrogens is 2. The van der Waals surface area contributed by atoms with Gasteiger partial charge in [0.25, 0.3) is 0 Å². The molecule has 1 atom stereocenters. The third-order valence-corrected chi connectivity index (χ3v) is 5.01. The minimum atomic E-state index is 0.646. The molecule has 22 heavy (non-hydrogen) atoms. The molecule has 1 N–H and O–H groups in total. The molecule has 5 nitrogen and oxygen atoms in total. The normalized spacial score (nSPS) is 24.4. The van der Waals surface area contributed by atoms with Gasteiger partial charge in [0, 0.05) is 51.5 Å². The van der Waals surface area contributed by atoms with Gasteiger partial charge >= 0.3 is 0 Å². The Hall–Kier alpha value is -1.20. The van der Waals surface area contributed by atoms with Gasteiger partial charge in [-0.1, -0.05) is 12.8 Å². The van der Waals surface area contributed by atoms with Crippen LogP contribution in [-0.4, -0.2) is 61.2 Å². The zero-order valence-electron chi connectivity index (χ0n) is 14.0. The Labute approximate surface area is 134 Å². The average Bonchev–Trinajstić information content (AvgIpc) is 2.95. The molecule has 2 heterocycles. The summed E-state index contributed by atoms with van der Waals surface area (Å²) < 4.78 is 0. The van der Waals surface area contributed by atoms with E-state index in [0.29, 0.717) is 5.92 Å². The van der Waals surface area contributed by atoms with Gasteiger partial charge in [0.05, 0.1) is 0 Å². The van der Waals surface area contributed by atoms with Crippen molar-refractivity contribution in [1.29, 1.82) is 0 Å². The Morgan fingerprint density at radius 1 is 1.27 bits per heavy atom. The van der Waals surface area contributed by atoms with E-state index >= 15 is 0 Å². The lowest BCUT2D eigenvalue weighted by Crippen LogP contribution is -2.38. The second-order valence-electron chi connectivity index (χ2n) is 6.97. The minimum absolute atomic E-state index is 0.646. The number of nitrogens with one attached hydrogen (secondary N) is 1. The van der Waals surface area contributed by atoms with Crippen LogP contribution in [0.3, 0.4) is 0 Å². The highest BCUT2D eigenvalue weighted by atomic mass is 15.2. The Kier molecular flexibility index (Phi) is 5.26. The molecule has 0 spiro atoms. The Balaban J connectivity index is 1.64. The summed E-state index contributed by atoms with van der Waals surface area (Å²) in [6.45, 7) is 4.64. The molecule has 5 heteroatoms. The zero-order valence-corrected chi connectivity index (χ0v) is 14.0. The first-order valence-electron chi connectivity index (χ1n) is 8.65. The summed E-state index contributed by atoms with van der Waals surface area (Å²) in [5.74, 6) is 1.65. The van der Waals surface area contributed by atoms with Gasteiger partial charge in [0.15, 0.2) is 0 Å². The van der Waals surface area contributed by atoms with Crippen LogP contribution in [0.15, 0.2) is 12.4 Å². The van der Waals surface area contributed by atoms with Gasteiger partial charge in [-0.2, -0.15) is 0 Å². The van der Waals surface area contributed by atoms with Crippen molar-refractivity contribution in [3.05, 3.63) is 18.1 Å². The molecule has 1 saturated heterocycles. The highest BCUT2D eigenvalue weighted by Gasteiger charge is 2.26. The lowest BCUT2D eigenvalue weighted by atomic mass is 10.0. The highest BCUT2D eigenvalue weighted by molar-refractivity contribution is 5.36. The Morgan fingerprint density at radius 2 is 2.09 bits per heavy atom. The summed E-state index contributed by atoms with van der Waals surface area (Å²) in [6.07, 6.45) is 8.36. The van der Waals surface area contributed by atoms with Gasteiger partial charge in [0.2, 0.25) is 0 Å². The third kappa shape index (κ3) is 3.96. The van der Waals surface area contributed by atoms with Crippen molar-refractivity contribution in [2.24, 2.45) is 5.92 Å². The molecule has 0 amide bonds. The van der Waals surface area contributed by atoms with E-state index in [0.717, 1.165) is 31.4 Å².